The van der Waals surface area contributed by atoms with Crippen LogP contribution in [-0.2, 0) is 17.8 Å². The molecule has 2 N–H and O–H groups in total. The third-order valence-electron chi connectivity index (χ3n) is 5.22. The van der Waals surface area contributed by atoms with Gasteiger partial charge in [-0.3, -0.25) is 9.59 Å². The Bertz CT molecular complexity index is 896. The fraction of sp³-hybridized carbons (Fsp3) is 0.444. The van der Waals surface area contributed by atoms with Crippen LogP contribution < -0.4 is 10.6 Å². The van der Waals surface area contributed by atoms with Gasteiger partial charge in [-0.05, 0) is 37.5 Å². The number of aromatic nitrogens is 3. The van der Waals surface area contributed by atoms with Gasteiger partial charge in [0.15, 0.2) is 0 Å². The number of hydrogen-bond donors (Lipinski definition) is 2. The van der Waals surface area contributed by atoms with Crippen molar-refractivity contribution < 1.29 is 14.0 Å². The smallest absolute Gasteiger partial charge is 0.251 e. The zero-order valence-corrected chi connectivity index (χ0v) is 15.3. The number of carbonyl (C=O) groups is 2. The van der Waals surface area contributed by atoms with Crippen molar-refractivity contribution in [3.05, 3.63) is 46.8 Å². The number of rotatable bonds is 5. The third kappa shape index (κ3) is 3.80. The van der Waals surface area contributed by atoms with Crippen molar-refractivity contribution in [2.24, 2.45) is 5.92 Å². The van der Waals surface area contributed by atoms with E-state index in [1.807, 2.05) is 4.57 Å². The third-order valence-corrected chi connectivity index (χ3v) is 5.52. The first-order valence-electron chi connectivity index (χ1n) is 8.88. The summed E-state index contributed by atoms with van der Waals surface area (Å²) in [5.74, 6) is -0.268. The normalized spacial score (nSPS) is 19.9. The maximum Gasteiger partial charge on any atom is 0.251 e. The summed E-state index contributed by atoms with van der Waals surface area (Å²) in [5, 5.41) is 13.7. The molecule has 142 valence electrons. The summed E-state index contributed by atoms with van der Waals surface area (Å²) < 4.78 is 15.5. The second-order valence-corrected chi connectivity index (χ2v) is 7.62. The van der Waals surface area contributed by atoms with Crippen LogP contribution in [0.5, 0.6) is 0 Å². The average Bonchev–Trinajstić information content (AvgIpc) is 3.25. The summed E-state index contributed by atoms with van der Waals surface area (Å²) in [4.78, 5) is 24.9. The van der Waals surface area contributed by atoms with E-state index >= 15 is 0 Å². The van der Waals surface area contributed by atoms with Crippen LogP contribution in [0.15, 0.2) is 24.5 Å². The zero-order valence-electron chi connectivity index (χ0n) is 14.5. The molecule has 0 bridgehead atoms. The number of halogens is 2. The van der Waals surface area contributed by atoms with Gasteiger partial charge in [-0.15, -0.1) is 10.2 Å². The summed E-state index contributed by atoms with van der Waals surface area (Å²) in [6.07, 6.45) is 4.64. The van der Waals surface area contributed by atoms with Gasteiger partial charge < -0.3 is 15.2 Å². The Morgan fingerprint density at radius 3 is 2.93 bits per heavy atom. The van der Waals surface area contributed by atoms with Gasteiger partial charge in [-0.2, -0.15) is 0 Å². The minimum atomic E-state index is -0.631. The highest BCUT2D eigenvalue weighted by Crippen LogP contribution is 2.35. The molecular formula is C18H19ClFN5O2. The Labute approximate surface area is 160 Å². The Hall–Kier alpha value is -2.48. The molecule has 2 heterocycles. The molecule has 7 nitrogen and oxygen atoms in total. The van der Waals surface area contributed by atoms with E-state index in [1.54, 1.807) is 6.33 Å². The number of carbonyl (C=O) groups excluding carboxylic acids is 2. The van der Waals surface area contributed by atoms with Gasteiger partial charge in [-0.25, -0.2) is 4.39 Å². The van der Waals surface area contributed by atoms with Crippen LogP contribution in [0.1, 0.15) is 35.4 Å². The SMILES string of the molecule is O=C(NC1(CNC(=O)C2CCc3nncn3C2)CC1)c1ccc(Cl)c(F)c1. The van der Waals surface area contributed by atoms with Crippen molar-refractivity contribution in [2.45, 2.75) is 37.8 Å². The molecule has 1 aromatic carbocycles. The molecule has 1 saturated carbocycles. The molecule has 2 aliphatic rings. The lowest BCUT2D eigenvalue weighted by molar-refractivity contribution is -0.126. The molecule has 1 aliphatic carbocycles. The number of hydrogen-bond acceptors (Lipinski definition) is 4. The molecule has 4 rings (SSSR count). The summed E-state index contributed by atoms with van der Waals surface area (Å²) >= 11 is 5.65. The largest absolute Gasteiger partial charge is 0.353 e. The van der Waals surface area contributed by atoms with E-state index in [1.165, 1.54) is 12.1 Å². The van der Waals surface area contributed by atoms with Crippen LogP contribution in [-0.4, -0.2) is 38.7 Å². The minimum Gasteiger partial charge on any atom is -0.353 e. The predicted molar refractivity (Wildman–Crippen MR) is 95.7 cm³/mol. The van der Waals surface area contributed by atoms with E-state index in [0.29, 0.717) is 13.1 Å². The van der Waals surface area contributed by atoms with E-state index in [9.17, 15) is 14.0 Å². The fourth-order valence-corrected chi connectivity index (χ4v) is 3.44. The number of aryl methyl sites for hydroxylation is 1. The summed E-state index contributed by atoms with van der Waals surface area (Å²) in [6, 6.07) is 3.95. The monoisotopic (exact) mass is 391 g/mol. The molecule has 1 fully saturated rings. The van der Waals surface area contributed by atoms with Gasteiger partial charge in [0, 0.05) is 25.1 Å². The quantitative estimate of drug-likeness (QED) is 0.812. The average molecular weight is 392 g/mol. The van der Waals surface area contributed by atoms with Gasteiger partial charge in [0.05, 0.1) is 16.5 Å². The molecule has 1 aromatic heterocycles. The van der Waals surface area contributed by atoms with Gasteiger partial charge in [-0.1, -0.05) is 11.6 Å². The van der Waals surface area contributed by atoms with E-state index in [-0.39, 0.29) is 28.3 Å². The van der Waals surface area contributed by atoms with E-state index in [4.69, 9.17) is 11.6 Å². The van der Waals surface area contributed by atoms with Gasteiger partial charge in [0.2, 0.25) is 5.91 Å². The highest BCUT2D eigenvalue weighted by Gasteiger charge is 2.44. The van der Waals surface area contributed by atoms with Crippen molar-refractivity contribution >= 4 is 23.4 Å². The zero-order chi connectivity index (χ0) is 19.0. The van der Waals surface area contributed by atoms with Crippen molar-refractivity contribution in [2.75, 3.05) is 6.54 Å². The van der Waals surface area contributed by atoms with Gasteiger partial charge in [0.25, 0.3) is 5.91 Å². The van der Waals surface area contributed by atoms with Gasteiger partial charge >= 0.3 is 0 Å². The Morgan fingerprint density at radius 1 is 1.37 bits per heavy atom. The highest BCUT2D eigenvalue weighted by atomic mass is 35.5. The van der Waals surface area contributed by atoms with Crippen LogP contribution in [0.2, 0.25) is 5.02 Å². The Balaban J connectivity index is 1.32. The first-order chi connectivity index (χ1) is 13.0. The maximum atomic E-state index is 13.6. The van der Waals surface area contributed by atoms with Crippen molar-refractivity contribution in [1.29, 1.82) is 0 Å². The Kier molecular flexibility index (Phi) is 4.59. The van der Waals surface area contributed by atoms with Crippen LogP contribution in [0.25, 0.3) is 0 Å². The van der Waals surface area contributed by atoms with Crippen LogP contribution >= 0.6 is 11.6 Å². The molecule has 0 spiro atoms. The van der Waals surface area contributed by atoms with E-state index < -0.39 is 11.4 Å². The standard InChI is InChI=1S/C18H19ClFN5O2/c19-13-3-1-11(7-14(13)20)17(27)23-18(5-6-18)9-21-16(26)12-2-4-15-24-22-10-25(15)8-12/h1,3,7,10,12H,2,4-6,8-9H2,(H,21,26)(H,23,27). The molecule has 2 amide bonds. The first kappa shape index (κ1) is 17.9. The summed E-state index contributed by atoms with van der Waals surface area (Å²) in [7, 11) is 0. The number of benzene rings is 1. The second kappa shape index (κ2) is 6.92. The minimum absolute atomic E-state index is 0.0244. The lowest BCUT2D eigenvalue weighted by Gasteiger charge is -2.24. The lowest BCUT2D eigenvalue weighted by atomic mass is 9.98. The van der Waals surface area contributed by atoms with Crippen molar-refractivity contribution in [1.82, 2.24) is 25.4 Å². The van der Waals surface area contributed by atoms with E-state index in [0.717, 1.165) is 37.6 Å². The number of nitrogens with zero attached hydrogens (tertiary/aromatic N) is 3. The summed E-state index contributed by atoms with van der Waals surface area (Å²) in [6.45, 7) is 0.927. The molecule has 2 aromatic rings. The molecule has 0 radical (unpaired) electrons. The van der Waals surface area contributed by atoms with Gasteiger partial charge in [0.1, 0.15) is 18.0 Å². The lowest BCUT2D eigenvalue weighted by Crippen LogP contribution is -2.47. The summed E-state index contributed by atoms with van der Waals surface area (Å²) in [5.41, 5.74) is -0.249. The number of fused-ring (bicyclic) bond motifs is 1. The van der Waals surface area contributed by atoms with E-state index in [2.05, 4.69) is 20.8 Å². The molecule has 1 aliphatic heterocycles. The van der Waals surface area contributed by atoms with Crippen LogP contribution in [0.3, 0.4) is 0 Å². The maximum absolute atomic E-state index is 13.6. The fourth-order valence-electron chi connectivity index (χ4n) is 3.32. The second-order valence-electron chi connectivity index (χ2n) is 7.22. The molecule has 1 unspecified atom stereocenters. The first-order valence-corrected chi connectivity index (χ1v) is 9.25. The highest BCUT2D eigenvalue weighted by molar-refractivity contribution is 6.30. The number of nitrogens with one attached hydrogen (secondary N) is 2. The van der Waals surface area contributed by atoms with Crippen LogP contribution in [0, 0.1) is 11.7 Å². The predicted octanol–water partition coefficient (Wildman–Crippen LogP) is 1.71. The molecule has 0 saturated heterocycles. The topological polar surface area (TPSA) is 88.9 Å². The molecular weight excluding hydrogens is 373 g/mol. The molecule has 27 heavy (non-hydrogen) atoms. The molecule has 1 atom stereocenters. The van der Waals surface area contributed by atoms with Crippen molar-refractivity contribution in [3.63, 3.8) is 0 Å². The Morgan fingerprint density at radius 2 is 2.19 bits per heavy atom. The molecule has 9 heteroatoms. The number of amides is 2. The van der Waals surface area contributed by atoms with Crippen molar-refractivity contribution in [3.8, 4) is 0 Å². The van der Waals surface area contributed by atoms with Crippen LogP contribution in [0.4, 0.5) is 4.39 Å².